The molecule has 0 atom stereocenters. The van der Waals surface area contributed by atoms with Crippen LogP contribution < -0.4 is 10.6 Å². The standard InChI is InChI=1S/C18H23BrN4O/c1-11(2)7-8-20-17(24)16-10-13(4)21-18(23-16)22-14-5-6-15(19)12(3)9-14/h5-6,9-11H,7-8H2,1-4H3,(H,20,24)(H,21,22,23). The van der Waals surface area contributed by atoms with Gasteiger partial charge in [-0.15, -0.1) is 0 Å². The number of nitrogens with zero attached hydrogens (tertiary/aromatic N) is 2. The average molecular weight is 391 g/mol. The number of carbonyl (C=O) groups is 1. The fourth-order valence-corrected chi connectivity index (χ4v) is 2.40. The second-order valence-electron chi connectivity index (χ2n) is 6.25. The fraction of sp³-hybridized carbons (Fsp3) is 0.389. The number of nitrogens with one attached hydrogen (secondary N) is 2. The molecule has 128 valence electrons. The summed E-state index contributed by atoms with van der Waals surface area (Å²) < 4.78 is 1.04. The van der Waals surface area contributed by atoms with E-state index in [0.717, 1.165) is 27.8 Å². The Kier molecular flexibility index (Phi) is 6.31. The van der Waals surface area contributed by atoms with Gasteiger partial charge in [0.25, 0.3) is 5.91 Å². The van der Waals surface area contributed by atoms with Gasteiger partial charge in [0.1, 0.15) is 5.69 Å². The largest absolute Gasteiger partial charge is 0.351 e. The van der Waals surface area contributed by atoms with Crippen LogP contribution in [0, 0.1) is 19.8 Å². The van der Waals surface area contributed by atoms with Crippen LogP contribution in [0.4, 0.5) is 11.6 Å². The third-order valence-electron chi connectivity index (χ3n) is 3.51. The minimum absolute atomic E-state index is 0.170. The molecule has 0 unspecified atom stereocenters. The van der Waals surface area contributed by atoms with Crippen molar-refractivity contribution in [3.63, 3.8) is 0 Å². The minimum Gasteiger partial charge on any atom is -0.351 e. The van der Waals surface area contributed by atoms with Gasteiger partial charge in [-0.3, -0.25) is 4.79 Å². The monoisotopic (exact) mass is 390 g/mol. The van der Waals surface area contributed by atoms with Crippen LogP contribution in [0.1, 0.15) is 42.0 Å². The molecule has 0 aliphatic carbocycles. The van der Waals surface area contributed by atoms with Crippen molar-refractivity contribution < 1.29 is 4.79 Å². The summed E-state index contributed by atoms with van der Waals surface area (Å²) in [6, 6.07) is 7.60. The van der Waals surface area contributed by atoms with Gasteiger partial charge in [0.05, 0.1) is 0 Å². The van der Waals surface area contributed by atoms with E-state index in [1.807, 2.05) is 32.0 Å². The van der Waals surface area contributed by atoms with E-state index in [9.17, 15) is 4.79 Å². The van der Waals surface area contributed by atoms with Crippen LogP contribution in [0.5, 0.6) is 0 Å². The number of rotatable bonds is 6. The van der Waals surface area contributed by atoms with Gasteiger partial charge in [0.15, 0.2) is 0 Å². The predicted octanol–water partition coefficient (Wildman–Crippen LogP) is 4.38. The molecular weight excluding hydrogens is 368 g/mol. The van der Waals surface area contributed by atoms with E-state index >= 15 is 0 Å². The highest BCUT2D eigenvalue weighted by Crippen LogP contribution is 2.22. The van der Waals surface area contributed by atoms with E-state index in [-0.39, 0.29) is 5.91 Å². The van der Waals surface area contributed by atoms with Crippen molar-refractivity contribution in [1.29, 1.82) is 0 Å². The Hall–Kier alpha value is -1.95. The third kappa shape index (κ3) is 5.30. The normalized spacial score (nSPS) is 10.8. The molecule has 0 spiro atoms. The fourth-order valence-electron chi connectivity index (χ4n) is 2.16. The number of hydrogen-bond donors (Lipinski definition) is 2. The summed E-state index contributed by atoms with van der Waals surface area (Å²) in [5, 5.41) is 6.06. The number of halogens is 1. The van der Waals surface area contributed by atoms with Gasteiger partial charge < -0.3 is 10.6 Å². The van der Waals surface area contributed by atoms with E-state index < -0.39 is 0 Å². The van der Waals surface area contributed by atoms with Gasteiger partial charge in [0.2, 0.25) is 5.95 Å². The number of hydrogen-bond acceptors (Lipinski definition) is 4. The molecule has 0 aliphatic rings. The molecule has 2 N–H and O–H groups in total. The molecule has 5 nitrogen and oxygen atoms in total. The first-order valence-electron chi connectivity index (χ1n) is 8.02. The van der Waals surface area contributed by atoms with Crippen LogP contribution in [-0.4, -0.2) is 22.4 Å². The van der Waals surface area contributed by atoms with Gasteiger partial charge in [-0.1, -0.05) is 29.8 Å². The molecule has 2 aromatic rings. The van der Waals surface area contributed by atoms with Crippen molar-refractivity contribution in [2.24, 2.45) is 5.92 Å². The highest BCUT2D eigenvalue weighted by atomic mass is 79.9. The lowest BCUT2D eigenvalue weighted by atomic mass is 10.1. The number of benzene rings is 1. The van der Waals surface area contributed by atoms with Crippen molar-refractivity contribution >= 4 is 33.5 Å². The van der Waals surface area contributed by atoms with Gasteiger partial charge in [-0.05, 0) is 56.0 Å². The van der Waals surface area contributed by atoms with Crippen molar-refractivity contribution in [2.45, 2.75) is 34.1 Å². The first-order chi connectivity index (χ1) is 11.3. The molecule has 1 amide bonds. The minimum atomic E-state index is -0.170. The summed E-state index contributed by atoms with van der Waals surface area (Å²) in [7, 11) is 0. The Balaban J connectivity index is 2.12. The van der Waals surface area contributed by atoms with Crippen LogP contribution >= 0.6 is 15.9 Å². The van der Waals surface area contributed by atoms with Crippen LogP contribution in [0.2, 0.25) is 0 Å². The Labute approximate surface area is 151 Å². The van der Waals surface area contributed by atoms with Gasteiger partial charge in [-0.25, -0.2) is 9.97 Å². The van der Waals surface area contributed by atoms with E-state index in [0.29, 0.717) is 24.1 Å². The maximum absolute atomic E-state index is 12.2. The molecule has 0 aliphatic heterocycles. The molecule has 6 heteroatoms. The number of amides is 1. The summed E-state index contributed by atoms with van der Waals surface area (Å²) in [6.45, 7) is 8.77. The van der Waals surface area contributed by atoms with Crippen LogP contribution in [0.3, 0.4) is 0 Å². The van der Waals surface area contributed by atoms with Gasteiger partial charge >= 0.3 is 0 Å². The highest BCUT2D eigenvalue weighted by molar-refractivity contribution is 9.10. The zero-order valence-corrected chi connectivity index (χ0v) is 16.1. The quantitative estimate of drug-likeness (QED) is 0.767. The Bertz CT molecular complexity index is 731. The molecule has 0 saturated heterocycles. The topological polar surface area (TPSA) is 66.9 Å². The second kappa shape index (κ2) is 8.24. The summed E-state index contributed by atoms with van der Waals surface area (Å²) >= 11 is 3.48. The maximum Gasteiger partial charge on any atom is 0.270 e. The summed E-state index contributed by atoms with van der Waals surface area (Å²) in [4.78, 5) is 20.9. The number of carbonyl (C=O) groups excluding carboxylic acids is 1. The molecule has 1 aromatic carbocycles. The SMILES string of the molecule is Cc1cc(C(=O)NCCC(C)C)nc(Nc2ccc(Br)c(C)c2)n1. The zero-order chi connectivity index (χ0) is 17.7. The van der Waals surface area contributed by atoms with E-state index in [4.69, 9.17) is 0 Å². The molecule has 1 heterocycles. The Morgan fingerprint density at radius 3 is 2.62 bits per heavy atom. The molecule has 1 aromatic heterocycles. The molecule has 0 radical (unpaired) electrons. The van der Waals surface area contributed by atoms with Crippen LogP contribution in [-0.2, 0) is 0 Å². The van der Waals surface area contributed by atoms with Crippen LogP contribution in [0.25, 0.3) is 0 Å². The maximum atomic E-state index is 12.2. The molecule has 24 heavy (non-hydrogen) atoms. The van der Waals surface area contributed by atoms with Crippen LogP contribution in [0.15, 0.2) is 28.7 Å². The van der Waals surface area contributed by atoms with Crippen molar-refractivity contribution in [2.75, 3.05) is 11.9 Å². The Morgan fingerprint density at radius 2 is 1.96 bits per heavy atom. The van der Waals surface area contributed by atoms with Gasteiger partial charge in [0, 0.05) is 22.4 Å². The van der Waals surface area contributed by atoms with E-state index in [2.05, 4.69) is 50.4 Å². The molecule has 0 saturated carbocycles. The van der Waals surface area contributed by atoms with Crippen molar-refractivity contribution in [3.05, 3.63) is 45.7 Å². The van der Waals surface area contributed by atoms with Crippen molar-refractivity contribution in [3.8, 4) is 0 Å². The smallest absolute Gasteiger partial charge is 0.270 e. The lowest BCUT2D eigenvalue weighted by molar-refractivity contribution is 0.0947. The summed E-state index contributed by atoms with van der Waals surface area (Å²) in [5.74, 6) is 0.803. The van der Waals surface area contributed by atoms with Gasteiger partial charge in [-0.2, -0.15) is 0 Å². The molecule has 2 rings (SSSR count). The first kappa shape index (κ1) is 18.4. The summed E-state index contributed by atoms with van der Waals surface area (Å²) in [5.41, 5.74) is 3.12. The average Bonchev–Trinajstić information content (AvgIpc) is 2.50. The lowest BCUT2D eigenvalue weighted by Gasteiger charge is -2.10. The highest BCUT2D eigenvalue weighted by Gasteiger charge is 2.11. The van der Waals surface area contributed by atoms with Crippen molar-refractivity contribution in [1.82, 2.24) is 15.3 Å². The molecule has 0 fully saturated rings. The number of anilines is 2. The number of aromatic nitrogens is 2. The van der Waals surface area contributed by atoms with E-state index in [1.54, 1.807) is 6.07 Å². The number of aryl methyl sites for hydroxylation is 2. The first-order valence-corrected chi connectivity index (χ1v) is 8.81. The Morgan fingerprint density at radius 1 is 1.21 bits per heavy atom. The second-order valence-corrected chi connectivity index (χ2v) is 7.10. The molecular formula is C18H23BrN4O. The summed E-state index contributed by atoms with van der Waals surface area (Å²) in [6.07, 6.45) is 0.944. The van der Waals surface area contributed by atoms with E-state index in [1.165, 1.54) is 0 Å². The predicted molar refractivity (Wildman–Crippen MR) is 101 cm³/mol. The lowest BCUT2D eigenvalue weighted by Crippen LogP contribution is -2.26. The zero-order valence-electron chi connectivity index (χ0n) is 14.5. The third-order valence-corrected chi connectivity index (χ3v) is 4.40. The molecule has 0 bridgehead atoms.